The van der Waals surface area contributed by atoms with Gasteiger partial charge in [-0.3, -0.25) is 5.32 Å². The molecule has 1 saturated heterocycles. The fraction of sp³-hybridized carbons (Fsp3) is 0.414. The molecule has 0 bridgehead atoms. The Bertz CT molecular complexity index is 1050. The van der Waals surface area contributed by atoms with E-state index in [0.29, 0.717) is 17.9 Å². The van der Waals surface area contributed by atoms with E-state index in [-0.39, 0.29) is 5.75 Å². The Labute approximate surface area is 208 Å². The van der Waals surface area contributed by atoms with Gasteiger partial charge < -0.3 is 19.9 Å². The molecule has 6 heteroatoms. The molecular weight excluding hydrogens is 440 g/mol. The van der Waals surface area contributed by atoms with Crippen LogP contribution in [0.3, 0.4) is 0 Å². The average Bonchev–Trinajstić information content (AvgIpc) is 3.13. The summed E-state index contributed by atoms with van der Waals surface area (Å²) in [5, 5.41) is 17.4. The maximum absolute atomic E-state index is 11.4. The lowest BCUT2D eigenvalue weighted by atomic mass is 9.92. The lowest BCUT2D eigenvalue weighted by Gasteiger charge is -2.19. The van der Waals surface area contributed by atoms with Gasteiger partial charge in [-0.1, -0.05) is 30.3 Å². The van der Waals surface area contributed by atoms with Crippen molar-refractivity contribution in [3.63, 3.8) is 0 Å². The fourth-order valence-corrected chi connectivity index (χ4v) is 4.78. The second kappa shape index (κ2) is 12.5. The molecule has 1 atom stereocenters. The molecule has 1 fully saturated rings. The predicted octanol–water partition coefficient (Wildman–Crippen LogP) is 6.49. The van der Waals surface area contributed by atoms with Crippen molar-refractivity contribution >= 4 is 17.5 Å². The fourth-order valence-electron chi connectivity index (χ4n) is 4.78. The summed E-state index contributed by atoms with van der Waals surface area (Å²) in [6.45, 7) is 2.88. The molecule has 0 aliphatic carbocycles. The zero-order valence-electron chi connectivity index (χ0n) is 20.5. The number of allylic oxidation sites excluding steroid dienone is 3. The summed E-state index contributed by atoms with van der Waals surface area (Å²) in [4.78, 5) is 11.4. The van der Waals surface area contributed by atoms with E-state index < -0.39 is 6.09 Å². The van der Waals surface area contributed by atoms with E-state index in [2.05, 4.69) is 27.5 Å². The van der Waals surface area contributed by atoms with Crippen LogP contribution >= 0.6 is 0 Å². The van der Waals surface area contributed by atoms with Crippen LogP contribution in [0.5, 0.6) is 5.75 Å². The van der Waals surface area contributed by atoms with Crippen LogP contribution < -0.4 is 10.6 Å². The molecule has 0 aromatic heterocycles. The lowest BCUT2D eigenvalue weighted by Crippen LogP contribution is -2.14. The lowest BCUT2D eigenvalue weighted by molar-refractivity contribution is 0.187. The summed E-state index contributed by atoms with van der Waals surface area (Å²) >= 11 is 0. The van der Waals surface area contributed by atoms with E-state index in [1.54, 1.807) is 12.1 Å². The Morgan fingerprint density at radius 1 is 1.11 bits per heavy atom. The standard InChI is InChI=1S/C29H36N2O4/c1-34-29(33)31-24-14-12-23(13-15-24)25-8-4-9-26(28(25)32)27-20-22(6-2-3-19-35-27)11-10-21-7-5-17-30-18-16-21/h4,6,8-9,12-15,20-21,30,32H,2-3,5,7,10-11,16-19H2,1H3,(H,31,33)/b22-6+,27-20-. The van der Waals surface area contributed by atoms with Crippen LogP contribution in [0.15, 0.2) is 60.2 Å². The van der Waals surface area contributed by atoms with E-state index in [9.17, 15) is 9.90 Å². The highest BCUT2D eigenvalue weighted by Crippen LogP contribution is 2.38. The third-order valence-electron chi connectivity index (χ3n) is 6.79. The van der Waals surface area contributed by atoms with Gasteiger partial charge in [0.25, 0.3) is 0 Å². The number of rotatable bonds is 6. The molecular formula is C29H36N2O4. The first-order valence-corrected chi connectivity index (χ1v) is 12.7. The highest BCUT2D eigenvalue weighted by Gasteiger charge is 2.17. The molecule has 0 saturated carbocycles. The number of methoxy groups -OCH3 is 1. The van der Waals surface area contributed by atoms with Crippen molar-refractivity contribution in [1.82, 2.24) is 5.32 Å². The van der Waals surface area contributed by atoms with Gasteiger partial charge in [0, 0.05) is 11.3 Å². The topological polar surface area (TPSA) is 79.8 Å². The molecule has 2 aliphatic heterocycles. The third kappa shape index (κ3) is 6.89. The number of anilines is 1. The number of benzene rings is 2. The number of nitrogens with one attached hydrogen (secondary N) is 2. The third-order valence-corrected chi connectivity index (χ3v) is 6.79. The minimum atomic E-state index is -0.518. The van der Waals surface area contributed by atoms with Gasteiger partial charge in [0.1, 0.15) is 11.5 Å². The summed E-state index contributed by atoms with van der Waals surface area (Å²) in [6, 6.07) is 13.0. The Morgan fingerprint density at radius 3 is 2.77 bits per heavy atom. The van der Waals surface area contributed by atoms with Gasteiger partial charge >= 0.3 is 6.09 Å². The molecule has 2 heterocycles. The normalized spacial score (nSPS) is 21.7. The highest BCUT2D eigenvalue weighted by atomic mass is 16.5. The quantitative estimate of drug-likeness (QED) is 0.444. The molecule has 35 heavy (non-hydrogen) atoms. The molecule has 2 aromatic carbocycles. The number of hydrogen-bond donors (Lipinski definition) is 3. The van der Waals surface area contributed by atoms with E-state index >= 15 is 0 Å². The van der Waals surface area contributed by atoms with Crippen LogP contribution in [0.1, 0.15) is 50.5 Å². The van der Waals surface area contributed by atoms with E-state index in [4.69, 9.17) is 4.74 Å². The molecule has 3 N–H and O–H groups in total. The number of ether oxygens (including phenoxy) is 2. The molecule has 0 radical (unpaired) electrons. The van der Waals surface area contributed by atoms with Crippen LogP contribution in [-0.2, 0) is 9.47 Å². The number of hydrogen-bond acceptors (Lipinski definition) is 5. The first-order valence-electron chi connectivity index (χ1n) is 12.7. The summed E-state index contributed by atoms with van der Waals surface area (Å²) in [7, 11) is 1.33. The largest absolute Gasteiger partial charge is 0.507 e. The van der Waals surface area contributed by atoms with E-state index in [0.717, 1.165) is 55.2 Å². The summed E-state index contributed by atoms with van der Waals surface area (Å²) < 4.78 is 10.8. The van der Waals surface area contributed by atoms with Gasteiger partial charge in [0.05, 0.1) is 19.3 Å². The van der Waals surface area contributed by atoms with Gasteiger partial charge in [-0.05, 0) is 99.4 Å². The molecule has 0 spiro atoms. The smallest absolute Gasteiger partial charge is 0.411 e. The number of carbonyl (C=O) groups excluding carboxylic acids is 1. The van der Waals surface area contributed by atoms with Gasteiger partial charge in [0.2, 0.25) is 0 Å². The van der Waals surface area contributed by atoms with Crippen molar-refractivity contribution < 1.29 is 19.4 Å². The zero-order valence-corrected chi connectivity index (χ0v) is 20.5. The van der Waals surface area contributed by atoms with Crippen LogP contribution in [0, 0.1) is 5.92 Å². The van der Waals surface area contributed by atoms with Gasteiger partial charge in [-0.2, -0.15) is 0 Å². The number of carbonyl (C=O) groups is 1. The van der Waals surface area contributed by atoms with Crippen molar-refractivity contribution in [2.45, 2.75) is 44.9 Å². The molecule has 1 amide bonds. The molecule has 6 nitrogen and oxygen atoms in total. The van der Waals surface area contributed by atoms with Crippen LogP contribution in [-0.4, -0.2) is 38.0 Å². The number of phenolic OH excluding ortho intramolecular Hbond substituents is 1. The first kappa shape index (κ1) is 24.9. The molecule has 2 aromatic rings. The summed E-state index contributed by atoms with van der Waals surface area (Å²) in [5.74, 6) is 1.69. The Balaban J connectivity index is 1.54. The average molecular weight is 477 g/mol. The van der Waals surface area contributed by atoms with Crippen LogP contribution in [0.25, 0.3) is 16.9 Å². The van der Waals surface area contributed by atoms with Gasteiger partial charge in [-0.15, -0.1) is 0 Å². The number of para-hydroxylation sites is 1. The van der Waals surface area contributed by atoms with Gasteiger partial charge in [0.15, 0.2) is 0 Å². The Kier molecular flexibility index (Phi) is 8.85. The minimum Gasteiger partial charge on any atom is -0.507 e. The highest BCUT2D eigenvalue weighted by molar-refractivity contribution is 5.85. The monoisotopic (exact) mass is 476 g/mol. The summed E-state index contributed by atoms with van der Waals surface area (Å²) in [6.07, 6.45) is 11.9. The van der Waals surface area contributed by atoms with Crippen LogP contribution in [0.2, 0.25) is 0 Å². The number of aromatic hydroxyl groups is 1. The predicted molar refractivity (Wildman–Crippen MR) is 140 cm³/mol. The molecule has 186 valence electrons. The maximum atomic E-state index is 11.4. The second-order valence-electron chi connectivity index (χ2n) is 9.26. The number of amides is 1. The van der Waals surface area contributed by atoms with Crippen molar-refractivity contribution in [1.29, 1.82) is 0 Å². The van der Waals surface area contributed by atoms with E-state index in [1.165, 1.54) is 38.4 Å². The first-order chi connectivity index (χ1) is 17.1. The van der Waals surface area contributed by atoms with Crippen molar-refractivity contribution in [2.24, 2.45) is 5.92 Å². The molecule has 2 aliphatic rings. The number of phenols is 1. The van der Waals surface area contributed by atoms with Crippen LogP contribution in [0.4, 0.5) is 10.5 Å². The molecule has 4 rings (SSSR count). The maximum Gasteiger partial charge on any atom is 0.411 e. The van der Waals surface area contributed by atoms with Gasteiger partial charge in [-0.25, -0.2) is 4.79 Å². The van der Waals surface area contributed by atoms with Crippen molar-refractivity contribution in [2.75, 3.05) is 32.1 Å². The second-order valence-corrected chi connectivity index (χ2v) is 9.26. The van der Waals surface area contributed by atoms with Crippen molar-refractivity contribution in [3.8, 4) is 16.9 Å². The summed E-state index contributed by atoms with van der Waals surface area (Å²) in [5.41, 5.74) is 4.19. The minimum absolute atomic E-state index is 0.196. The Hall–Kier alpha value is -3.25. The SMILES string of the molecule is COC(=O)Nc1ccc(-c2cccc(/C3=C/C(CCC4CCCNCC4)=C/CCCO3)c2O)cc1. The van der Waals surface area contributed by atoms with Crippen molar-refractivity contribution in [3.05, 3.63) is 65.8 Å². The Morgan fingerprint density at radius 2 is 1.94 bits per heavy atom. The van der Waals surface area contributed by atoms with E-state index in [1.807, 2.05) is 30.3 Å². The molecule has 1 unspecified atom stereocenters. The zero-order chi connectivity index (χ0) is 24.5.